The standard InChI is InChI=1S/C19H10Cl2O3/c20-11-5-7-15(16(21)9-11)17-8-6-12(23-17)10-18-13-3-1-2-4-14(13)19(22)24-18/h1-10H/b18-10-. The number of furan rings is 1. The Morgan fingerprint density at radius 1 is 0.875 bits per heavy atom. The molecule has 0 fully saturated rings. The summed E-state index contributed by atoms with van der Waals surface area (Å²) in [7, 11) is 0. The van der Waals surface area contributed by atoms with Crippen LogP contribution in [-0.4, -0.2) is 5.97 Å². The molecule has 0 N–H and O–H groups in total. The SMILES string of the molecule is O=C1O/C(=C\c2ccc(-c3ccc(Cl)cc3Cl)o2)c2ccccc21. The third kappa shape index (κ3) is 2.62. The molecule has 0 saturated heterocycles. The van der Waals surface area contributed by atoms with Crippen LogP contribution in [0.5, 0.6) is 0 Å². The van der Waals surface area contributed by atoms with Crippen LogP contribution in [0.3, 0.4) is 0 Å². The van der Waals surface area contributed by atoms with Crippen molar-refractivity contribution >= 4 is 41.0 Å². The van der Waals surface area contributed by atoms with Crippen molar-refractivity contribution in [2.24, 2.45) is 0 Å². The number of hydrogen-bond donors (Lipinski definition) is 0. The number of carbonyl (C=O) groups excluding carboxylic acids is 1. The summed E-state index contributed by atoms with van der Waals surface area (Å²) in [4.78, 5) is 11.8. The lowest BCUT2D eigenvalue weighted by Crippen LogP contribution is -1.92. The summed E-state index contributed by atoms with van der Waals surface area (Å²) in [5.74, 6) is 1.29. The molecule has 24 heavy (non-hydrogen) atoms. The van der Waals surface area contributed by atoms with Crippen LogP contribution in [0, 0.1) is 0 Å². The first-order chi connectivity index (χ1) is 11.6. The summed E-state index contributed by atoms with van der Waals surface area (Å²) < 4.78 is 11.1. The normalized spacial score (nSPS) is 14.8. The van der Waals surface area contributed by atoms with Crippen molar-refractivity contribution in [3.8, 4) is 11.3 Å². The molecule has 118 valence electrons. The van der Waals surface area contributed by atoms with Crippen molar-refractivity contribution in [3.63, 3.8) is 0 Å². The van der Waals surface area contributed by atoms with E-state index in [1.807, 2.05) is 18.2 Å². The Morgan fingerprint density at radius 2 is 1.67 bits per heavy atom. The van der Waals surface area contributed by atoms with Gasteiger partial charge in [0.2, 0.25) is 0 Å². The lowest BCUT2D eigenvalue weighted by atomic mass is 10.1. The van der Waals surface area contributed by atoms with Crippen LogP contribution in [0.1, 0.15) is 21.7 Å². The summed E-state index contributed by atoms with van der Waals surface area (Å²) in [6.07, 6.45) is 1.69. The van der Waals surface area contributed by atoms with Gasteiger partial charge in [0.1, 0.15) is 17.3 Å². The number of ether oxygens (including phenoxy) is 1. The minimum atomic E-state index is -0.357. The first kappa shape index (κ1) is 15.1. The molecule has 0 amide bonds. The van der Waals surface area contributed by atoms with Crippen molar-refractivity contribution in [1.82, 2.24) is 0 Å². The molecule has 0 radical (unpaired) electrons. The molecule has 1 aliphatic rings. The van der Waals surface area contributed by atoms with E-state index in [0.717, 1.165) is 11.1 Å². The molecule has 1 aromatic heterocycles. The predicted molar refractivity (Wildman–Crippen MR) is 93.9 cm³/mol. The molecule has 1 aliphatic heterocycles. The number of carbonyl (C=O) groups is 1. The molecule has 5 heteroatoms. The second-order valence-electron chi connectivity index (χ2n) is 5.27. The van der Waals surface area contributed by atoms with Crippen LogP contribution in [0.4, 0.5) is 0 Å². The first-order valence-corrected chi connectivity index (χ1v) is 7.96. The molecule has 4 rings (SSSR count). The Labute approximate surface area is 148 Å². The number of halogens is 2. The lowest BCUT2D eigenvalue weighted by Gasteiger charge is -2.01. The second kappa shape index (κ2) is 5.86. The summed E-state index contributed by atoms with van der Waals surface area (Å²) in [5, 5.41) is 1.07. The third-order valence-electron chi connectivity index (χ3n) is 3.71. The van der Waals surface area contributed by atoms with Gasteiger partial charge in [0.25, 0.3) is 0 Å². The highest BCUT2D eigenvalue weighted by atomic mass is 35.5. The van der Waals surface area contributed by atoms with Gasteiger partial charge in [-0.3, -0.25) is 0 Å². The summed E-state index contributed by atoms with van der Waals surface area (Å²) in [6.45, 7) is 0. The molecule has 2 aromatic carbocycles. The van der Waals surface area contributed by atoms with Gasteiger partial charge in [-0.15, -0.1) is 0 Å². The highest BCUT2D eigenvalue weighted by Crippen LogP contribution is 2.34. The zero-order valence-electron chi connectivity index (χ0n) is 12.3. The number of fused-ring (bicyclic) bond motifs is 1. The summed E-state index contributed by atoms with van der Waals surface area (Å²) in [5.41, 5.74) is 2.05. The molecule has 3 aromatic rings. The van der Waals surface area contributed by atoms with Crippen molar-refractivity contribution in [2.75, 3.05) is 0 Å². The fourth-order valence-electron chi connectivity index (χ4n) is 2.59. The lowest BCUT2D eigenvalue weighted by molar-refractivity contribution is 0.0717. The largest absolute Gasteiger partial charge is 0.457 e. The van der Waals surface area contributed by atoms with E-state index >= 15 is 0 Å². The maximum Gasteiger partial charge on any atom is 0.344 e. The van der Waals surface area contributed by atoms with Crippen molar-refractivity contribution in [3.05, 3.63) is 81.5 Å². The Bertz CT molecular complexity index is 986. The number of benzene rings is 2. The molecule has 0 saturated carbocycles. The molecule has 0 bridgehead atoms. The van der Waals surface area contributed by atoms with Crippen LogP contribution >= 0.6 is 23.2 Å². The van der Waals surface area contributed by atoms with E-state index in [9.17, 15) is 4.79 Å². The maximum atomic E-state index is 11.8. The van der Waals surface area contributed by atoms with E-state index in [2.05, 4.69) is 0 Å². The van der Waals surface area contributed by atoms with Crippen molar-refractivity contribution < 1.29 is 13.9 Å². The van der Waals surface area contributed by atoms with Crippen LogP contribution < -0.4 is 0 Å². The van der Waals surface area contributed by atoms with Gasteiger partial charge in [0.05, 0.1) is 10.6 Å². The van der Waals surface area contributed by atoms with E-state index in [-0.39, 0.29) is 5.97 Å². The Balaban J connectivity index is 1.71. The number of rotatable bonds is 2. The predicted octanol–water partition coefficient (Wildman–Crippen LogP) is 5.92. The maximum absolute atomic E-state index is 11.8. The molecular formula is C19H10Cl2O3. The minimum Gasteiger partial charge on any atom is -0.457 e. The fraction of sp³-hybridized carbons (Fsp3) is 0. The fourth-order valence-corrected chi connectivity index (χ4v) is 3.09. The molecular weight excluding hydrogens is 347 g/mol. The van der Waals surface area contributed by atoms with Gasteiger partial charge in [-0.1, -0.05) is 41.4 Å². The quantitative estimate of drug-likeness (QED) is 0.534. The average molecular weight is 357 g/mol. The van der Waals surface area contributed by atoms with E-state index in [1.165, 1.54) is 0 Å². The molecule has 0 aliphatic carbocycles. The minimum absolute atomic E-state index is 0.357. The van der Waals surface area contributed by atoms with Crippen LogP contribution in [-0.2, 0) is 4.74 Å². The second-order valence-corrected chi connectivity index (χ2v) is 6.11. The van der Waals surface area contributed by atoms with E-state index in [4.69, 9.17) is 32.4 Å². The van der Waals surface area contributed by atoms with Gasteiger partial charge in [-0.05, 0) is 36.4 Å². The zero-order chi connectivity index (χ0) is 16.7. The van der Waals surface area contributed by atoms with Gasteiger partial charge < -0.3 is 9.15 Å². The van der Waals surface area contributed by atoms with Crippen LogP contribution in [0.15, 0.2) is 59.0 Å². The van der Waals surface area contributed by atoms with Crippen LogP contribution in [0.25, 0.3) is 23.2 Å². The van der Waals surface area contributed by atoms with Gasteiger partial charge >= 0.3 is 5.97 Å². The van der Waals surface area contributed by atoms with Gasteiger partial charge in [0.15, 0.2) is 0 Å². The topological polar surface area (TPSA) is 39.4 Å². The zero-order valence-corrected chi connectivity index (χ0v) is 13.8. The van der Waals surface area contributed by atoms with Gasteiger partial charge in [-0.2, -0.15) is 0 Å². The van der Waals surface area contributed by atoms with E-state index < -0.39 is 0 Å². The highest BCUT2D eigenvalue weighted by Gasteiger charge is 2.26. The molecule has 2 heterocycles. The van der Waals surface area contributed by atoms with Gasteiger partial charge in [0, 0.05) is 22.2 Å². The van der Waals surface area contributed by atoms with Gasteiger partial charge in [-0.25, -0.2) is 4.79 Å². The monoisotopic (exact) mass is 356 g/mol. The Kier molecular flexibility index (Phi) is 3.68. The van der Waals surface area contributed by atoms with E-state index in [1.54, 1.807) is 42.5 Å². The van der Waals surface area contributed by atoms with Crippen molar-refractivity contribution in [1.29, 1.82) is 0 Å². The number of hydrogen-bond acceptors (Lipinski definition) is 3. The molecule has 3 nitrogen and oxygen atoms in total. The Hall–Kier alpha value is -2.49. The summed E-state index contributed by atoms with van der Waals surface area (Å²) >= 11 is 12.1. The van der Waals surface area contributed by atoms with Crippen molar-refractivity contribution in [2.45, 2.75) is 0 Å². The molecule has 0 atom stereocenters. The molecule has 0 spiro atoms. The Morgan fingerprint density at radius 3 is 2.46 bits per heavy atom. The number of cyclic esters (lactones) is 1. The van der Waals surface area contributed by atoms with Crippen LogP contribution in [0.2, 0.25) is 10.0 Å². The van der Waals surface area contributed by atoms with E-state index in [0.29, 0.717) is 32.9 Å². The average Bonchev–Trinajstić information content (AvgIpc) is 3.14. The first-order valence-electron chi connectivity index (χ1n) is 7.20. The number of esters is 1. The smallest absolute Gasteiger partial charge is 0.344 e. The summed E-state index contributed by atoms with van der Waals surface area (Å²) in [6, 6.07) is 16.0. The molecule has 0 unspecified atom stereocenters. The third-order valence-corrected chi connectivity index (χ3v) is 4.26. The highest BCUT2D eigenvalue weighted by molar-refractivity contribution is 6.36.